The summed E-state index contributed by atoms with van der Waals surface area (Å²) >= 11 is 0. The van der Waals surface area contributed by atoms with E-state index in [4.69, 9.17) is 9.52 Å². The second kappa shape index (κ2) is 11.2. The number of hydrogen-bond donors (Lipinski definition) is 2. The summed E-state index contributed by atoms with van der Waals surface area (Å²) in [6, 6.07) is 0.502. The molecule has 1 fully saturated rings. The van der Waals surface area contributed by atoms with Crippen LogP contribution in [0.2, 0.25) is 0 Å². The average molecular weight is 365 g/mol. The minimum absolute atomic E-state index is 0.502. The molecule has 0 spiro atoms. The van der Waals surface area contributed by atoms with Gasteiger partial charge in [-0.2, -0.15) is 4.98 Å². The van der Waals surface area contributed by atoms with E-state index in [0.29, 0.717) is 30.1 Å². The predicted octanol–water partition coefficient (Wildman–Crippen LogP) is 2.38. The third-order valence-corrected chi connectivity index (χ3v) is 4.86. The molecule has 2 rings (SSSR count). The van der Waals surface area contributed by atoms with Crippen molar-refractivity contribution in [3.05, 3.63) is 11.7 Å². The first-order chi connectivity index (χ1) is 12.6. The highest BCUT2D eigenvalue weighted by molar-refractivity contribution is 5.79. The van der Waals surface area contributed by atoms with E-state index >= 15 is 0 Å². The van der Waals surface area contributed by atoms with Gasteiger partial charge in [0.05, 0.1) is 6.54 Å². The van der Waals surface area contributed by atoms with Gasteiger partial charge < -0.3 is 15.2 Å². The SMILES string of the molecule is CCNC(=NCC(C(C)C)N1CCCCCC1)NCCc1nc(C)no1. The molecule has 1 aromatic rings. The van der Waals surface area contributed by atoms with Gasteiger partial charge in [-0.15, -0.1) is 0 Å². The molecule has 7 heteroatoms. The molecule has 2 N–H and O–H groups in total. The smallest absolute Gasteiger partial charge is 0.228 e. The lowest BCUT2D eigenvalue weighted by Gasteiger charge is -2.32. The first-order valence-corrected chi connectivity index (χ1v) is 10.2. The largest absolute Gasteiger partial charge is 0.357 e. The Morgan fingerprint density at radius 3 is 2.50 bits per heavy atom. The number of nitrogens with zero attached hydrogens (tertiary/aromatic N) is 4. The van der Waals surface area contributed by atoms with Gasteiger partial charge in [-0.05, 0) is 45.7 Å². The molecule has 0 radical (unpaired) electrons. The molecule has 0 saturated carbocycles. The molecule has 7 nitrogen and oxygen atoms in total. The maximum absolute atomic E-state index is 5.16. The number of guanidine groups is 1. The summed E-state index contributed by atoms with van der Waals surface area (Å²) < 4.78 is 5.16. The number of nitrogens with one attached hydrogen (secondary N) is 2. The Kier molecular flexibility index (Phi) is 8.88. The molecule has 0 bridgehead atoms. The summed E-state index contributed by atoms with van der Waals surface area (Å²) in [4.78, 5) is 11.7. The van der Waals surface area contributed by atoms with E-state index in [2.05, 4.69) is 46.4 Å². The molecular weight excluding hydrogens is 328 g/mol. The Hall–Kier alpha value is -1.63. The van der Waals surface area contributed by atoms with Crippen LogP contribution in [0.1, 0.15) is 58.2 Å². The van der Waals surface area contributed by atoms with Gasteiger partial charge >= 0.3 is 0 Å². The number of aliphatic imine (C=N–C) groups is 1. The molecule has 1 unspecified atom stereocenters. The third kappa shape index (κ3) is 6.94. The van der Waals surface area contributed by atoms with Gasteiger partial charge in [-0.3, -0.25) is 9.89 Å². The van der Waals surface area contributed by atoms with Crippen LogP contribution in [0.3, 0.4) is 0 Å². The lowest BCUT2D eigenvalue weighted by molar-refractivity contribution is 0.166. The van der Waals surface area contributed by atoms with E-state index < -0.39 is 0 Å². The van der Waals surface area contributed by atoms with E-state index in [-0.39, 0.29) is 0 Å². The first kappa shape index (κ1) is 20.7. The molecule has 0 amide bonds. The molecule has 1 saturated heterocycles. The van der Waals surface area contributed by atoms with E-state index in [1.54, 1.807) is 0 Å². The molecule has 148 valence electrons. The lowest BCUT2D eigenvalue weighted by Crippen LogP contribution is -2.44. The zero-order valence-electron chi connectivity index (χ0n) is 16.9. The van der Waals surface area contributed by atoms with Gasteiger partial charge in [0.1, 0.15) is 0 Å². The molecule has 1 aliphatic heterocycles. The summed E-state index contributed by atoms with van der Waals surface area (Å²) in [5, 5.41) is 10.5. The van der Waals surface area contributed by atoms with Crippen LogP contribution < -0.4 is 10.6 Å². The van der Waals surface area contributed by atoms with Crippen LogP contribution in [0.25, 0.3) is 0 Å². The number of likely N-dealkylation sites (tertiary alicyclic amines) is 1. The van der Waals surface area contributed by atoms with Gasteiger partial charge in [-0.25, -0.2) is 0 Å². The standard InChI is InChI=1S/C19H36N6O/c1-5-20-19(21-11-10-18-23-16(4)24-26-18)22-14-17(15(2)3)25-12-8-6-7-9-13-25/h15,17H,5-14H2,1-4H3,(H2,20,21,22). The lowest BCUT2D eigenvalue weighted by atomic mass is 10.0. The predicted molar refractivity (Wildman–Crippen MR) is 105 cm³/mol. The normalized spacial score (nSPS) is 18.0. The Balaban J connectivity index is 1.89. The van der Waals surface area contributed by atoms with Gasteiger partial charge in [0.2, 0.25) is 5.89 Å². The Morgan fingerprint density at radius 1 is 1.19 bits per heavy atom. The quantitative estimate of drug-likeness (QED) is 0.545. The zero-order chi connectivity index (χ0) is 18.8. The van der Waals surface area contributed by atoms with Crippen molar-refractivity contribution < 1.29 is 4.52 Å². The van der Waals surface area contributed by atoms with E-state index in [1.165, 1.54) is 38.8 Å². The second-order valence-corrected chi connectivity index (χ2v) is 7.39. The minimum Gasteiger partial charge on any atom is -0.357 e. The van der Waals surface area contributed by atoms with E-state index in [9.17, 15) is 0 Å². The fraction of sp³-hybridized carbons (Fsp3) is 0.842. The highest BCUT2D eigenvalue weighted by Gasteiger charge is 2.22. The van der Waals surface area contributed by atoms with Gasteiger partial charge in [0, 0.05) is 25.6 Å². The van der Waals surface area contributed by atoms with Crippen LogP contribution in [0.15, 0.2) is 9.52 Å². The number of aromatic nitrogens is 2. The Bertz CT molecular complexity index is 534. The highest BCUT2D eigenvalue weighted by Crippen LogP contribution is 2.17. The third-order valence-electron chi connectivity index (χ3n) is 4.86. The fourth-order valence-corrected chi connectivity index (χ4v) is 3.43. The molecule has 1 aromatic heterocycles. The van der Waals surface area contributed by atoms with Crippen molar-refractivity contribution in [1.29, 1.82) is 0 Å². The summed E-state index contributed by atoms with van der Waals surface area (Å²) in [5.74, 6) is 2.80. The van der Waals surface area contributed by atoms with Crippen molar-refractivity contribution in [2.75, 3.05) is 32.7 Å². The maximum atomic E-state index is 5.16. The van der Waals surface area contributed by atoms with Gasteiger partial charge in [0.15, 0.2) is 11.8 Å². The van der Waals surface area contributed by atoms with E-state index in [0.717, 1.165) is 25.6 Å². The Labute approximate surface area is 158 Å². The summed E-state index contributed by atoms with van der Waals surface area (Å²) in [6.45, 7) is 13.4. The monoisotopic (exact) mass is 364 g/mol. The molecular formula is C19H36N6O. The van der Waals surface area contributed by atoms with Crippen LogP contribution in [-0.2, 0) is 6.42 Å². The second-order valence-electron chi connectivity index (χ2n) is 7.39. The van der Waals surface area contributed by atoms with Crippen molar-refractivity contribution in [2.45, 2.75) is 65.8 Å². The summed E-state index contributed by atoms with van der Waals surface area (Å²) in [7, 11) is 0. The van der Waals surface area contributed by atoms with Crippen LogP contribution in [0, 0.1) is 12.8 Å². The zero-order valence-corrected chi connectivity index (χ0v) is 16.9. The van der Waals surface area contributed by atoms with Crippen LogP contribution >= 0.6 is 0 Å². The van der Waals surface area contributed by atoms with Crippen molar-refractivity contribution in [2.24, 2.45) is 10.9 Å². The molecule has 0 aliphatic carbocycles. The molecule has 1 aliphatic rings. The fourth-order valence-electron chi connectivity index (χ4n) is 3.43. The van der Waals surface area contributed by atoms with Crippen molar-refractivity contribution in [3.63, 3.8) is 0 Å². The molecule has 2 heterocycles. The van der Waals surface area contributed by atoms with Gasteiger partial charge in [0.25, 0.3) is 0 Å². The summed E-state index contributed by atoms with van der Waals surface area (Å²) in [5.41, 5.74) is 0. The van der Waals surface area contributed by atoms with Crippen LogP contribution in [0.5, 0.6) is 0 Å². The highest BCUT2D eigenvalue weighted by atomic mass is 16.5. The average Bonchev–Trinajstić information content (AvgIpc) is 2.84. The minimum atomic E-state index is 0.502. The molecule has 0 aromatic carbocycles. The first-order valence-electron chi connectivity index (χ1n) is 10.2. The van der Waals surface area contributed by atoms with Crippen LogP contribution in [0.4, 0.5) is 0 Å². The topological polar surface area (TPSA) is 78.6 Å². The Morgan fingerprint density at radius 2 is 1.92 bits per heavy atom. The van der Waals surface area contributed by atoms with Crippen molar-refractivity contribution in [1.82, 2.24) is 25.7 Å². The molecule has 26 heavy (non-hydrogen) atoms. The number of aryl methyl sites for hydroxylation is 1. The van der Waals surface area contributed by atoms with E-state index in [1.807, 2.05) is 6.92 Å². The van der Waals surface area contributed by atoms with Crippen molar-refractivity contribution in [3.8, 4) is 0 Å². The maximum Gasteiger partial charge on any atom is 0.228 e. The molecule has 1 atom stereocenters. The van der Waals surface area contributed by atoms with Crippen LogP contribution in [-0.4, -0.2) is 59.8 Å². The van der Waals surface area contributed by atoms with Crippen molar-refractivity contribution >= 4 is 5.96 Å². The summed E-state index contributed by atoms with van der Waals surface area (Å²) in [6.07, 6.45) is 6.06. The number of hydrogen-bond acceptors (Lipinski definition) is 5. The van der Waals surface area contributed by atoms with Gasteiger partial charge in [-0.1, -0.05) is 31.8 Å². The number of rotatable bonds is 8.